The maximum Gasteiger partial charge on any atom is 0.137 e. The summed E-state index contributed by atoms with van der Waals surface area (Å²) >= 11 is 3.29. The molecule has 0 radical (unpaired) electrons. The second-order valence-electron chi connectivity index (χ2n) is 5.34. The molecule has 6 nitrogen and oxygen atoms in total. The van der Waals surface area contributed by atoms with Crippen molar-refractivity contribution in [1.29, 1.82) is 0 Å². The van der Waals surface area contributed by atoms with E-state index in [1.165, 1.54) is 0 Å². The smallest absolute Gasteiger partial charge is 0.137 e. The number of hydrogen-bond acceptors (Lipinski definition) is 8. The van der Waals surface area contributed by atoms with E-state index >= 15 is 0 Å². The van der Waals surface area contributed by atoms with Gasteiger partial charge in [-0.1, -0.05) is 16.5 Å². The van der Waals surface area contributed by atoms with Gasteiger partial charge < -0.3 is 9.74 Å². The number of oxime groups is 1. The summed E-state index contributed by atoms with van der Waals surface area (Å²) in [5.74, 6) is 0. The van der Waals surface area contributed by atoms with Crippen LogP contribution in [0.25, 0.3) is 20.5 Å². The third kappa shape index (κ3) is 2.67. The Morgan fingerprint density at radius 3 is 2.96 bits per heavy atom. The van der Waals surface area contributed by atoms with Crippen molar-refractivity contribution in [3.63, 3.8) is 0 Å². The summed E-state index contributed by atoms with van der Waals surface area (Å²) in [6, 6.07) is 3.93. The van der Waals surface area contributed by atoms with Gasteiger partial charge in [0.25, 0.3) is 0 Å². The predicted molar refractivity (Wildman–Crippen MR) is 97.9 cm³/mol. The molecule has 0 fully saturated rings. The fourth-order valence-corrected chi connectivity index (χ4v) is 4.57. The number of hydrogen-bond donors (Lipinski definition) is 0. The molecular weight excluding hydrogens is 342 g/mol. The van der Waals surface area contributed by atoms with Crippen LogP contribution >= 0.6 is 22.7 Å². The van der Waals surface area contributed by atoms with Gasteiger partial charge in [0, 0.05) is 44.2 Å². The van der Waals surface area contributed by atoms with Gasteiger partial charge in [-0.15, -0.1) is 11.3 Å². The predicted octanol–water partition coefficient (Wildman–Crippen LogP) is 3.52. The van der Waals surface area contributed by atoms with Crippen LogP contribution in [0.1, 0.15) is 12.1 Å². The van der Waals surface area contributed by atoms with E-state index in [4.69, 9.17) is 9.82 Å². The number of nitrogens with zero attached hydrogens (tertiary/aromatic N) is 5. The Morgan fingerprint density at radius 1 is 1.25 bits per heavy atom. The van der Waals surface area contributed by atoms with Crippen molar-refractivity contribution in [1.82, 2.24) is 15.0 Å². The fourth-order valence-electron chi connectivity index (χ4n) is 2.55. The van der Waals surface area contributed by atoms with Crippen molar-refractivity contribution in [3.8, 4) is 20.5 Å². The monoisotopic (exact) mass is 357 g/mol. The van der Waals surface area contributed by atoms with E-state index in [1.54, 1.807) is 36.0 Å². The maximum atomic E-state index is 4.97. The molecule has 0 bridgehead atoms. The Morgan fingerprint density at radius 2 is 2.17 bits per heavy atom. The molecule has 0 aliphatic carbocycles. The van der Waals surface area contributed by atoms with Gasteiger partial charge >= 0.3 is 0 Å². The van der Waals surface area contributed by atoms with Crippen LogP contribution in [0.15, 0.2) is 35.9 Å². The molecule has 1 aliphatic heterocycles. The zero-order valence-corrected chi connectivity index (χ0v) is 14.9. The number of anilines is 1. The zero-order chi connectivity index (χ0) is 16.5. The molecule has 122 valence electrons. The van der Waals surface area contributed by atoms with Crippen molar-refractivity contribution in [2.24, 2.45) is 5.16 Å². The van der Waals surface area contributed by atoms with Crippen LogP contribution in [0.2, 0.25) is 0 Å². The first-order valence-corrected chi connectivity index (χ1v) is 9.08. The lowest BCUT2D eigenvalue weighted by Gasteiger charge is -2.23. The van der Waals surface area contributed by atoms with E-state index in [0.717, 1.165) is 49.8 Å². The standard InChI is InChI=1S/C16H15N5OS2/c1-21-7-5-11(20-22-2)13-16(21)24-15(19-13)12-9-18-14(23-12)10-4-3-6-17-8-10/h3-4,6,8-9H,5,7H2,1-2H3/b20-11+. The molecule has 0 atom stereocenters. The quantitative estimate of drug-likeness (QED) is 0.671. The van der Waals surface area contributed by atoms with Gasteiger partial charge in [0.05, 0.1) is 4.88 Å². The van der Waals surface area contributed by atoms with Gasteiger partial charge in [-0.2, -0.15) is 0 Å². The second kappa shape index (κ2) is 6.29. The Kier molecular flexibility index (Phi) is 3.99. The molecule has 3 aromatic rings. The molecule has 0 spiro atoms. The first kappa shape index (κ1) is 15.2. The van der Waals surface area contributed by atoms with Gasteiger partial charge in [-0.25, -0.2) is 9.97 Å². The highest BCUT2D eigenvalue weighted by Crippen LogP contribution is 2.40. The third-order valence-electron chi connectivity index (χ3n) is 3.74. The van der Waals surface area contributed by atoms with Crippen LogP contribution in [0.5, 0.6) is 0 Å². The molecule has 1 aliphatic rings. The Balaban J connectivity index is 1.73. The second-order valence-corrected chi connectivity index (χ2v) is 7.34. The van der Waals surface area contributed by atoms with E-state index in [1.807, 2.05) is 24.5 Å². The Labute approximate surface area is 147 Å². The van der Waals surface area contributed by atoms with Crippen LogP contribution in [0.3, 0.4) is 0 Å². The van der Waals surface area contributed by atoms with Crippen molar-refractivity contribution in [3.05, 3.63) is 36.4 Å². The van der Waals surface area contributed by atoms with Gasteiger partial charge in [0.2, 0.25) is 0 Å². The van der Waals surface area contributed by atoms with Crippen LogP contribution in [0.4, 0.5) is 5.00 Å². The van der Waals surface area contributed by atoms with Gasteiger partial charge in [-0.3, -0.25) is 4.98 Å². The number of thiazole rings is 2. The fraction of sp³-hybridized carbons (Fsp3) is 0.250. The van der Waals surface area contributed by atoms with E-state index < -0.39 is 0 Å². The number of rotatable bonds is 3. The molecule has 4 rings (SSSR count). The molecule has 0 amide bonds. The normalized spacial score (nSPS) is 15.6. The van der Waals surface area contributed by atoms with E-state index in [9.17, 15) is 0 Å². The van der Waals surface area contributed by atoms with Crippen LogP contribution < -0.4 is 4.90 Å². The van der Waals surface area contributed by atoms with Crippen molar-refractivity contribution in [2.45, 2.75) is 6.42 Å². The summed E-state index contributed by atoms with van der Waals surface area (Å²) in [4.78, 5) is 21.7. The largest absolute Gasteiger partial charge is 0.399 e. The summed E-state index contributed by atoms with van der Waals surface area (Å²) in [7, 11) is 3.65. The number of fused-ring (bicyclic) bond motifs is 1. The molecule has 0 saturated heterocycles. The minimum Gasteiger partial charge on any atom is -0.399 e. The summed E-state index contributed by atoms with van der Waals surface area (Å²) in [5.41, 5.74) is 2.85. The molecule has 0 unspecified atom stereocenters. The molecule has 0 N–H and O–H groups in total. The van der Waals surface area contributed by atoms with E-state index in [2.05, 4.69) is 27.1 Å². The molecule has 3 aromatic heterocycles. The maximum absolute atomic E-state index is 4.97. The summed E-state index contributed by atoms with van der Waals surface area (Å²) < 4.78 is 0. The van der Waals surface area contributed by atoms with Gasteiger partial charge in [0.15, 0.2) is 0 Å². The lowest BCUT2D eigenvalue weighted by molar-refractivity contribution is 0.212. The van der Waals surface area contributed by atoms with Crippen molar-refractivity contribution >= 4 is 33.4 Å². The number of aromatic nitrogens is 3. The van der Waals surface area contributed by atoms with Gasteiger partial charge in [0.1, 0.15) is 33.5 Å². The molecule has 0 aromatic carbocycles. The van der Waals surface area contributed by atoms with Crippen LogP contribution in [0, 0.1) is 0 Å². The Hall–Kier alpha value is -2.32. The van der Waals surface area contributed by atoms with Crippen molar-refractivity contribution in [2.75, 3.05) is 25.6 Å². The first-order valence-electron chi connectivity index (χ1n) is 7.45. The van der Waals surface area contributed by atoms with Gasteiger partial charge in [-0.05, 0) is 12.1 Å². The highest BCUT2D eigenvalue weighted by atomic mass is 32.1. The first-order chi connectivity index (χ1) is 11.8. The molecular formula is C16H15N5OS2. The minimum atomic E-state index is 0.837. The topological polar surface area (TPSA) is 63.5 Å². The molecule has 4 heterocycles. The molecule has 0 saturated carbocycles. The van der Waals surface area contributed by atoms with E-state index in [-0.39, 0.29) is 0 Å². The molecule has 24 heavy (non-hydrogen) atoms. The third-order valence-corrected chi connectivity index (χ3v) is 6.13. The SMILES string of the molecule is CO/N=C1\CCN(C)c2sc(-c3cnc(-c4cccnc4)s3)nc21. The minimum absolute atomic E-state index is 0.837. The average molecular weight is 357 g/mol. The zero-order valence-electron chi connectivity index (χ0n) is 13.3. The highest BCUT2D eigenvalue weighted by Gasteiger charge is 2.26. The lowest BCUT2D eigenvalue weighted by atomic mass is 10.1. The summed E-state index contributed by atoms with van der Waals surface area (Å²) in [6.45, 7) is 0.917. The van der Waals surface area contributed by atoms with Crippen LogP contribution in [-0.2, 0) is 4.84 Å². The van der Waals surface area contributed by atoms with Crippen LogP contribution in [-0.4, -0.2) is 41.4 Å². The Bertz CT molecular complexity index is 887. The summed E-state index contributed by atoms with van der Waals surface area (Å²) in [6.07, 6.45) is 6.31. The van der Waals surface area contributed by atoms with E-state index in [0.29, 0.717) is 0 Å². The number of pyridine rings is 1. The summed E-state index contributed by atoms with van der Waals surface area (Å²) in [5, 5.41) is 7.17. The lowest BCUT2D eigenvalue weighted by Crippen LogP contribution is -2.27. The average Bonchev–Trinajstić information content (AvgIpc) is 3.25. The highest BCUT2D eigenvalue weighted by molar-refractivity contribution is 7.25. The van der Waals surface area contributed by atoms with Crippen molar-refractivity contribution < 1.29 is 4.84 Å². The molecule has 8 heteroatoms.